The fourth-order valence-corrected chi connectivity index (χ4v) is 1.93. The lowest BCUT2D eigenvalue weighted by Crippen LogP contribution is -2.35. The van der Waals surface area contributed by atoms with Crippen LogP contribution in [-0.4, -0.2) is 30.1 Å². The lowest BCUT2D eigenvalue weighted by Gasteiger charge is -2.16. The highest BCUT2D eigenvalue weighted by Gasteiger charge is 2.39. The van der Waals surface area contributed by atoms with Crippen molar-refractivity contribution in [3.05, 3.63) is 33.2 Å². The summed E-state index contributed by atoms with van der Waals surface area (Å²) in [6.07, 6.45) is -2.79. The number of hydrogen-bond donors (Lipinski definition) is 0. The summed E-state index contributed by atoms with van der Waals surface area (Å²) in [7, 11) is 0. The van der Waals surface area contributed by atoms with Crippen LogP contribution >= 0.6 is 15.9 Å². The highest BCUT2D eigenvalue weighted by Crippen LogP contribution is 2.29. The standard InChI is InChI=1S/C10H5BrF3NO/c11-7-1-2-8-6(3-7)4-15(9(8)16)5-10(12,13)14/h3H,4-5H2. The summed E-state index contributed by atoms with van der Waals surface area (Å²) in [4.78, 5) is 12.3. The van der Waals surface area contributed by atoms with Gasteiger partial charge >= 0.3 is 6.18 Å². The van der Waals surface area contributed by atoms with E-state index in [0.717, 1.165) is 4.90 Å². The minimum Gasteiger partial charge on any atom is -0.325 e. The van der Waals surface area contributed by atoms with E-state index in [4.69, 9.17) is 0 Å². The van der Waals surface area contributed by atoms with Gasteiger partial charge in [0.25, 0.3) is 5.91 Å². The molecule has 0 radical (unpaired) electrons. The minimum atomic E-state index is -4.38. The van der Waals surface area contributed by atoms with Crippen molar-refractivity contribution < 1.29 is 18.0 Å². The quantitative estimate of drug-likeness (QED) is 0.679. The molecule has 0 aromatic rings. The van der Waals surface area contributed by atoms with Crippen LogP contribution in [0.25, 0.3) is 0 Å². The van der Waals surface area contributed by atoms with E-state index in [1.54, 1.807) is 6.08 Å². The third-order valence-electron chi connectivity index (χ3n) is 2.16. The second kappa shape index (κ2) is 3.67. The highest BCUT2D eigenvalue weighted by atomic mass is 79.9. The number of hydrogen-bond acceptors (Lipinski definition) is 1. The number of halogens is 4. The van der Waals surface area contributed by atoms with Crippen LogP contribution < -0.4 is 0 Å². The Labute approximate surface area is 97.5 Å². The fraction of sp³-hybridized carbons (Fsp3) is 0.300. The summed E-state index contributed by atoms with van der Waals surface area (Å²) >= 11 is 3.13. The summed E-state index contributed by atoms with van der Waals surface area (Å²) in [5.41, 5.74) is 5.88. The number of rotatable bonds is 1. The molecule has 84 valence electrons. The molecular formula is C10H5BrF3NO. The Morgan fingerprint density at radius 1 is 1.44 bits per heavy atom. The number of carbonyl (C=O) groups is 1. The van der Waals surface area contributed by atoms with Gasteiger partial charge in [-0.05, 0) is 27.6 Å². The fourth-order valence-electron chi connectivity index (χ4n) is 1.56. The molecule has 0 saturated carbocycles. The summed E-state index contributed by atoms with van der Waals surface area (Å²) in [5, 5.41) is 0. The molecule has 0 aromatic carbocycles. The van der Waals surface area contributed by atoms with Crippen LogP contribution in [0.15, 0.2) is 33.2 Å². The zero-order valence-electron chi connectivity index (χ0n) is 7.86. The van der Waals surface area contributed by atoms with E-state index in [9.17, 15) is 18.0 Å². The van der Waals surface area contributed by atoms with Crippen molar-refractivity contribution in [3.8, 4) is 0 Å². The van der Waals surface area contributed by atoms with Gasteiger partial charge in [0.15, 0.2) is 0 Å². The first-order valence-electron chi connectivity index (χ1n) is 4.35. The van der Waals surface area contributed by atoms with Crippen LogP contribution in [0.3, 0.4) is 0 Å². The Kier molecular flexibility index (Phi) is 2.58. The van der Waals surface area contributed by atoms with Crippen LogP contribution in [0.5, 0.6) is 0 Å². The van der Waals surface area contributed by atoms with Crippen molar-refractivity contribution in [1.82, 2.24) is 4.90 Å². The molecular weight excluding hydrogens is 287 g/mol. The molecule has 16 heavy (non-hydrogen) atoms. The lowest BCUT2D eigenvalue weighted by atomic mass is 10.1. The maximum Gasteiger partial charge on any atom is 0.406 e. The van der Waals surface area contributed by atoms with Crippen molar-refractivity contribution in [2.75, 3.05) is 13.1 Å². The molecule has 0 bridgehead atoms. The predicted octanol–water partition coefficient (Wildman–Crippen LogP) is 2.29. The number of fused-ring (bicyclic) bond motifs is 1. The van der Waals surface area contributed by atoms with Crippen LogP contribution in [0.2, 0.25) is 0 Å². The first kappa shape index (κ1) is 11.3. The molecule has 1 heterocycles. The highest BCUT2D eigenvalue weighted by molar-refractivity contribution is 9.11. The normalized spacial score (nSPS) is 19.4. The Balaban J connectivity index is 2.27. The van der Waals surface area contributed by atoms with E-state index < -0.39 is 18.6 Å². The third kappa shape index (κ3) is 2.14. The van der Waals surface area contributed by atoms with Gasteiger partial charge in [0, 0.05) is 6.54 Å². The molecule has 1 aliphatic carbocycles. The molecule has 1 saturated heterocycles. The number of carbonyl (C=O) groups excluding carboxylic acids is 1. The van der Waals surface area contributed by atoms with Gasteiger partial charge in [0.1, 0.15) is 6.54 Å². The number of allylic oxidation sites excluding steroid dienone is 2. The Hall–Kier alpha value is -1.22. The Morgan fingerprint density at radius 2 is 2.12 bits per heavy atom. The van der Waals surface area contributed by atoms with Crippen LogP contribution in [0.4, 0.5) is 13.2 Å². The Bertz CT molecular complexity index is 491. The second-order valence-corrected chi connectivity index (χ2v) is 4.27. The molecule has 0 aromatic heterocycles. The van der Waals surface area contributed by atoms with Crippen LogP contribution in [0, 0.1) is 0 Å². The van der Waals surface area contributed by atoms with E-state index in [1.165, 1.54) is 0 Å². The Morgan fingerprint density at radius 3 is 2.75 bits per heavy atom. The van der Waals surface area contributed by atoms with Gasteiger partial charge < -0.3 is 4.90 Å². The van der Waals surface area contributed by atoms with Gasteiger partial charge in [-0.25, -0.2) is 0 Å². The van der Waals surface area contributed by atoms with Crippen LogP contribution in [-0.2, 0) is 4.79 Å². The molecule has 1 amide bonds. The van der Waals surface area contributed by atoms with Gasteiger partial charge in [0.2, 0.25) is 0 Å². The molecule has 2 aliphatic rings. The molecule has 6 heteroatoms. The van der Waals surface area contributed by atoms with E-state index in [2.05, 4.69) is 27.4 Å². The van der Waals surface area contributed by atoms with Gasteiger partial charge in [-0.15, -0.1) is 0 Å². The predicted molar refractivity (Wildman–Crippen MR) is 53.7 cm³/mol. The van der Waals surface area contributed by atoms with Crippen molar-refractivity contribution in [3.63, 3.8) is 0 Å². The summed E-state index contributed by atoms with van der Waals surface area (Å²) < 4.78 is 37.1. The molecule has 0 spiro atoms. The topological polar surface area (TPSA) is 20.3 Å². The molecule has 0 N–H and O–H groups in total. The molecule has 2 rings (SSSR count). The third-order valence-corrected chi connectivity index (χ3v) is 2.59. The van der Waals surface area contributed by atoms with Gasteiger partial charge in [-0.1, -0.05) is 11.5 Å². The largest absolute Gasteiger partial charge is 0.406 e. The molecule has 2 nitrogen and oxygen atoms in total. The number of nitrogens with zero attached hydrogens (tertiary/aromatic N) is 1. The molecule has 1 aliphatic heterocycles. The summed E-state index contributed by atoms with van der Waals surface area (Å²) in [6, 6.07) is 0. The van der Waals surface area contributed by atoms with E-state index in [0.29, 0.717) is 10.1 Å². The lowest BCUT2D eigenvalue weighted by molar-refractivity contribution is -0.155. The van der Waals surface area contributed by atoms with Crippen LogP contribution in [0.1, 0.15) is 0 Å². The maximum atomic E-state index is 12.2. The van der Waals surface area contributed by atoms with E-state index >= 15 is 0 Å². The maximum absolute atomic E-state index is 12.2. The zero-order valence-corrected chi connectivity index (χ0v) is 9.44. The van der Waals surface area contributed by atoms with E-state index in [-0.39, 0.29) is 12.1 Å². The van der Waals surface area contributed by atoms with Gasteiger partial charge in [0.05, 0.1) is 10.1 Å². The van der Waals surface area contributed by atoms with Gasteiger partial charge in [-0.2, -0.15) is 13.2 Å². The van der Waals surface area contributed by atoms with E-state index in [1.807, 2.05) is 0 Å². The molecule has 0 unspecified atom stereocenters. The molecule has 1 fully saturated rings. The average Bonchev–Trinajstić information content (AvgIpc) is 2.40. The monoisotopic (exact) mass is 291 g/mol. The number of likely N-dealkylation sites (tertiary alicyclic amines) is 1. The van der Waals surface area contributed by atoms with Gasteiger partial charge in [-0.3, -0.25) is 4.79 Å². The van der Waals surface area contributed by atoms with Crippen molar-refractivity contribution >= 4 is 21.8 Å². The summed E-state index contributed by atoms with van der Waals surface area (Å²) in [6.45, 7) is -1.26. The summed E-state index contributed by atoms with van der Waals surface area (Å²) in [5.74, 6) is -0.643. The zero-order chi connectivity index (χ0) is 11.9. The van der Waals surface area contributed by atoms with Crippen molar-refractivity contribution in [2.45, 2.75) is 6.18 Å². The number of amides is 1. The number of alkyl halides is 3. The first-order valence-corrected chi connectivity index (χ1v) is 5.14. The van der Waals surface area contributed by atoms with Crippen molar-refractivity contribution in [1.29, 1.82) is 0 Å². The van der Waals surface area contributed by atoms with Crippen molar-refractivity contribution in [2.24, 2.45) is 0 Å². The first-order chi connectivity index (χ1) is 7.37. The smallest absolute Gasteiger partial charge is 0.325 e. The minimum absolute atomic E-state index is 0.0303. The SMILES string of the molecule is O=C1C2=C=C=C(Br)C=C2CN1CC(F)(F)F. The molecule has 0 atom stereocenters. The average molecular weight is 292 g/mol. The second-order valence-electron chi connectivity index (χ2n) is 3.42.